The Labute approximate surface area is 124 Å². The van der Waals surface area contributed by atoms with Crippen LogP contribution in [0.1, 0.15) is 12.8 Å². The Bertz CT molecular complexity index is 459. The van der Waals surface area contributed by atoms with Gasteiger partial charge in [-0.1, -0.05) is 0 Å². The highest BCUT2D eigenvalue weighted by Gasteiger charge is 2.45. The van der Waals surface area contributed by atoms with Gasteiger partial charge in [-0.3, -0.25) is 4.79 Å². The Kier molecular flexibility index (Phi) is 5.10. The number of hydrogen-bond acceptors (Lipinski definition) is 4. The van der Waals surface area contributed by atoms with E-state index in [1.807, 2.05) is 0 Å². The van der Waals surface area contributed by atoms with Crippen LogP contribution in [0.4, 0.5) is 13.2 Å². The second-order valence-electron chi connectivity index (χ2n) is 4.87. The average molecular weight is 326 g/mol. The molecule has 9 heteroatoms. The van der Waals surface area contributed by atoms with E-state index >= 15 is 0 Å². The van der Waals surface area contributed by atoms with Crippen molar-refractivity contribution in [3.05, 3.63) is 11.8 Å². The minimum Gasteiger partial charge on any atom is -0.381 e. The number of hydrogen-bond donors (Lipinski definition) is 2. The van der Waals surface area contributed by atoms with Crippen LogP contribution in [0.5, 0.6) is 0 Å². The molecule has 0 spiro atoms. The topological polar surface area (TPSA) is 62.7 Å². The van der Waals surface area contributed by atoms with E-state index in [4.69, 9.17) is 16.3 Å². The lowest BCUT2D eigenvalue weighted by Crippen LogP contribution is -2.43. The predicted molar refractivity (Wildman–Crippen MR) is 70.9 cm³/mol. The molecule has 1 unspecified atom stereocenters. The van der Waals surface area contributed by atoms with E-state index in [0.717, 1.165) is 19.0 Å². The van der Waals surface area contributed by atoms with Crippen molar-refractivity contribution in [2.75, 3.05) is 19.8 Å². The first-order chi connectivity index (χ1) is 9.88. The summed E-state index contributed by atoms with van der Waals surface area (Å²) in [7, 11) is 0. The molecular weight excluding hydrogens is 311 g/mol. The molecule has 2 aliphatic heterocycles. The molecule has 118 valence electrons. The van der Waals surface area contributed by atoms with Gasteiger partial charge < -0.3 is 15.4 Å². The van der Waals surface area contributed by atoms with Gasteiger partial charge in [0.25, 0.3) is 5.91 Å². The van der Waals surface area contributed by atoms with Crippen molar-refractivity contribution in [2.24, 2.45) is 10.9 Å². The van der Waals surface area contributed by atoms with Crippen molar-refractivity contribution in [1.82, 2.24) is 10.6 Å². The molecule has 1 saturated heterocycles. The van der Waals surface area contributed by atoms with Crippen molar-refractivity contribution in [1.29, 1.82) is 0 Å². The fourth-order valence-corrected chi connectivity index (χ4v) is 2.32. The summed E-state index contributed by atoms with van der Waals surface area (Å²) in [4.78, 5) is 15.2. The third-order valence-corrected chi connectivity index (χ3v) is 3.55. The van der Waals surface area contributed by atoms with Crippen LogP contribution in [0.3, 0.4) is 0 Å². The molecule has 1 fully saturated rings. The Balaban J connectivity index is 1.96. The van der Waals surface area contributed by atoms with Gasteiger partial charge in [0, 0.05) is 26.0 Å². The van der Waals surface area contributed by atoms with E-state index in [1.54, 1.807) is 0 Å². The summed E-state index contributed by atoms with van der Waals surface area (Å²) in [6.45, 7) is 1.54. The molecule has 2 heterocycles. The Morgan fingerprint density at radius 3 is 2.76 bits per heavy atom. The summed E-state index contributed by atoms with van der Waals surface area (Å²) in [6, 6.07) is -2.24. The number of amides is 1. The van der Waals surface area contributed by atoms with Crippen LogP contribution >= 0.6 is 11.6 Å². The fraction of sp³-hybridized carbons (Fsp3) is 0.667. The Morgan fingerprint density at radius 1 is 1.48 bits per heavy atom. The second-order valence-corrected chi connectivity index (χ2v) is 5.23. The van der Waals surface area contributed by atoms with Crippen LogP contribution in [0.2, 0.25) is 0 Å². The van der Waals surface area contributed by atoms with Crippen molar-refractivity contribution in [2.45, 2.75) is 25.1 Å². The Morgan fingerprint density at radius 2 is 2.14 bits per heavy atom. The number of rotatable bonds is 3. The summed E-state index contributed by atoms with van der Waals surface area (Å²) in [5, 5.41) is 4.46. The molecule has 5 nitrogen and oxygen atoms in total. The minimum absolute atomic E-state index is 0.219. The lowest BCUT2D eigenvalue weighted by atomic mass is 10.00. The lowest BCUT2D eigenvalue weighted by Gasteiger charge is -2.25. The zero-order chi connectivity index (χ0) is 15.5. The number of carbonyl (C=O) groups is 1. The van der Waals surface area contributed by atoms with Gasteiger partial charge in [-0.15, -0.1) is 0 Å². The summed E-state index contributed by atoms with van der Waals surface area (Å²) in [6.07, 6.45) is -2.15. The maximum absolute atomic E-state index is 12.9. The van der Waals surface area contributed by atoms with Gasteiger partial charge in [-0.2, -0.15) is 13.2 Å². The number of aliphatic imine (C=N–C) groups is 1. The maximum atomic E-state index is 12.9. The highest BCUT2D eigenvalue weighted by molar-refractivity contribution is 6.65. The van der Waals surface area contributed by atoms with Crippen molar-refractivity contribution in [3.63, 3.8) is 0 Å². The molecule has 21 heavy (non-hydrogen) atoms. The van der Waals surface area contributed by atoms with Crippen LogP contribution in [0.25, 0.3) is 0 Å². The molecule has 2 rings (SSSR count). The average Bonchev–Trinajstić information content (AvgIpc) is 2.45. The van der Waals surface area contributed by atoms with E-state index in [9.17, 15) is 18.0 Å². The highest BCUT2D eigenvalue weighted by atomic mass is 35.5. The molecule has 0 aromatic carbocycles. The number of nitrogens with one attached hydrogen (secondary N) is 2. The molecular formula is C12H15ClF3N3O2. The molecule has 1 atom stereocenters. The predicted octanol–water partition coefficient (Wildman–Crippen LogP) is 1.54. The van der Waals surface area contributed by atoms with Crippen LogP contribution in [-0.2, 0) is 9.53 Å². The van der Waals surface area contributed by atoms with Gasteiger partial charge >= 0.3 is 6.18 Å². The number of amidine groups is 1. The number of carbonyl (C=O) groups excluding carboxylic acids is 1. The Hall–Kier alpha value is -1.28. The summed E-state index contributed by atoms with van der Waals surface area (Å²) in [5.74, 6) is -0.569. The summed E-state index contributed by atoms with van der Waals surface area (Å²) >= 11 is 5.43. The lowest BCUT2D eigenvalue weighted by molar-refractivity contribution is -0.143. The molecule has 0 aromatic heterocycles. The first-order valence-corrected chi connectivity index (χ1v) is 6.88. The fourth-order valence-electron chi connectivity index (χ4n) is 2.17. The first-order valence-electron chi connectivity index (χ1n) is 6.50. The zero-order valence-corrected chi connectivity index (χ0v) is 11.8. The molecule has 1 amide bonds. The van der Waals surface area contributed by atoms with Crippen LogP contribution in [-0.4, -0.2) is 43.2 Å². The van der Waals surface area contributed by atoms with Crippen LogP contribution < -0.4 is 10.6 Å². The second kappa shape index (κ2) is 6.65. The van der Waals surface area contributed by atoms with E-state index in [2.05, 4.69) is 15.6 Å². The minimum atomic E-state index is -4.66. The molecule has 2 N–H and O–H groups in total. The maximum Gasteiger partial charge on any atom is 0.415 e. The van der Waals surface area contributed by atoms with E-state index in [0.29, 0.717) is 19.8 Å². The molecule has 2 aliphatic rings. The zero-order valence-electron chi connectivity index (χ0n) is 11.0. The van der Waals surface area contributed by atoms with Crippen molar-refractivity contribution >= 4 is 22.8 Å². The number of nitrogens with zero attached hydrogens (tertiary/aromatic N) is 1. The molecule has 0 radical (unpaired) electrons. The van der Waals surface area contributed by atoms with Gasteiger partial charge in [0.15, 0.2) is 11.3 Å². The molecule has 0 aliphatic carbocycles. The third kappa shape index (κ3) is 4.34. The number of alkyl halides is 3. The first kappa shape index (κ1) is 16.1. The van der Waals surface area contributed by atoms with E-state index in [1.165, 1.54) is 0 Å². The summed E-state index contributed by atoms with van der Waals surface area (Å²) < 4.78 is 43.8. The molecule has 0 bridgehead atoms. The molecule has 0 saturated carbocycles. The van der Waals surface area contributed by atoms with Gasteiger partial charge in [-0.25, -0.2) is 4.99 Å². The van der Waals surface area contributed by atoms with Crippen molar-refractivity contribution in [3.8, 4) is 0 Å². The smallest absolute Gasteiger partial charge is 0.381 e. The van der Waals surface area contributed by atoms with Gasteiger partial charge in [0.2, 0.25) is 0 Å². The third-order valence-electron chi connectivity index (χ3n) is 3.35. The number of ether oxygens (including phenoxy) is 1. The monoisotopic (exact) mass is 325 g/mol. The van der Waals surface area contributed by atoms with Crippen LogP contribution in [0, 0.1) is 5.92 Å². The SMILES string of the molecule is O=C(NCC1CCOCC1)C1=CNC(Cl)=NC1C(F)(F)F. The van der Waals surface area contributed by atoms with Gasteiger partial charge in [0.1, 0.15) is 0 Å². The summed E-state index contributed by atoms with van der Waals surface area (Å²) in [5.41, 5.74) is -0.487. The number of halogens is 4. The van der Waals surface area contributed by atoms with Gasteiger partial charge in [-0.05, 0) is 30.4 Å². The van der Waals surface area contributed by atoms with E-state index in [-0.39, 0.29) is 5.92 Å². The normalized spacial score (nSPS) is 23.9. The largest absolute Gasteiger partial charge is 0.415 e. The standard InChI is InChI=1S/C12H15ClF3N3O2/c13-11-18-6-8(9(19-11)12(14,15)16)10(20)17-5-7-1-3-21-4-2-7/h6-7,9H,1-5H2,(H,17,20)(H,18,19). The molecule has 0 aromatic rings. The quantitative estimate of drug-likeness (QED) is 0.774. The van der Waals surface area contributed by atoms with Gasteiger partial charge in [0.05, 0.1) is 5.57 Å². The highest BCUT2D eigenvalue weighted by Crippen LogP contribution is 2.30. The van der Waals surface area contributed by atoms with E-state index < -0.39 is 29.0 Å². The van der Waals surface area contributed by atoms with Crippen molar-refractivity contribution < 1.29 is 22.7 Å². The van der Waals surface area contributed by atoms with Crippen LogP contribution in [0.15, 0.2) is 16.8 Å².